The van der Waals surface area contributed by atoms with E-state index in [9.17, 15) is 14.5 Å². The lowest BCUT2D eigenvalue weighted by Crippen LogP contribution is -1.94. The topological polar surface area (TPSA) is 52.4 Å². The third kappa shape index (κ3) is 3.26. The summed E-state index contributed by atoms with van der Waals surface area (Å²) >= 11 is 9.11. The van der Waals surface area contributed by atoms with Crippen molar-refractivity contribution in [3.8, 4) is 11.5 Å². The van der Waals surface area contributed by atoms with E-state index in [1.807, 2.05) is 0 Å². The summed E-state index contributed by atoms with van der Waals surface area (Å²) in [7, 11) is 0. The number of nitrogens with zero attached hydrogens (tertiary/aromatic N) is 1. The quantitative estimate of drug-likeness (QED) is 0.436. The Hall–Kier alpha value is -1.66. The molecule has 0 fully saturated rings. The molecule has 104 valence electrons. The maximum absolute atomic E-state index is 13.5. The first kappa shape index (κ1) is 14.7. The van der Waals surface area contributed by atoms with Crippen LogP contribution in [-0.2, 0) is 5.88 Å². The monoisotopic (exact) mass is 359 g/mol. The molecule has 0 bridgehead atoms. The number of nitro benzene ring substituents is 1. The Morgan fingerprint density at radius 2 is 2.05 bits per heavy atom. The summed E-state index contributed by atoms with van der Waals surface area (Å²) in [5.74, 6) is -0.0835. The minimum atomic E-state index is -0.947. The van der Waals surface area contributed by atoms with Crippen molar-refractivity contribution in [2.45, 2.75) is 5.88 Å². The molecule has 0 saturated carbocycles. The first-order valence-corrected chi connectivity index (χ1v) is 6.80. The van der Waals surface area contributed by atoms with Crippen LogP contribution in [0.25, 0.3) is 0 Å². The molecule has 0 N–H and O–H groups in total. The van der Waals surface area contributed by atoms with Crippen LogP contribution in [0.3, 0.4) is 0 Å². The predicted octanol–water partition coefficient (Wildman–Crippen LogP) is 5.03. The fourth-order valence-electron chi connectivity index (χ4n) is 1.58. The number of hydrogen-bond acceptors (Lipinski definition) is 3. The highest BCUT2D eigenvalue weighted by atomic mass is 79.9. The second-order valence-corrected chi connectivity index (χ2v) is 5.04. The summed E-state index contributed by atoms with van der Waals surface area (Å²) in [6.07, 6.45) is 0. The van der Waals surface area contributed by atoms with Crippen LogP contribution in [0.5, 0.6) is 11.5 Å². The van der Waals surface area contributed by atoms with Crippen molar-refractivity contribution in [1.82, 2.24) is 0 Å². The fourth-order valence-corrected chi connectivity index (χ4v) is 2.20. The number of nitro groups is 1. The van der Waals surface area contributed by atoms with Crippen LogP contribution in [-0.4, -0.2) is 4.92 Å². The third-order valence-corrected chi connectivity index (χ3v) is 3.29. The minimum absolute atomic E-state index is 0.168. The first-order valence-electron chi connectivity index (χ1n) is 5.47. The van der Waals surface area contributed by atoms with Gasteiger partial charge in [-0.05, 0) is 24.3 Å². The zero-order valence-corrected chi connectivity index (χ0v) is 12.3. The standard InChI is InChI=1S/C13H8BrClFNO3/c14-9-1-4-13(8(5-9)7-15)20-10-2-3-12(17(18)19)11(16)6-10/h1-6H,7H2. The van der Waals surface area contributed by atoms with Gasteiger partial charge in [-0.2, -0.15) is 4.39 Å². The molecule has 2 rings (SSSR count). The molecule has 0 aliphatic heterocycles. The summed E-state index contributed by atoms with van der Waals surface area (Å²) in [5, 5.41) is 10.5. The molecular formula is C13H8BrClFNO3. The van der Waals surface area contributed by atoms with Gasteiger partial charge in [0.1, 0.15) is 11.5 Å². The molecule has 0 heterocycles. The Morgan fingerprint density at radius 3 is 2.65 bits per heavy atom. The summed E-state index contributed by atoms with van der Waals surface area (Å²) in [4.78, 5) is 9.74. The molecule has 0 saturated heterocycles. The van der Waals surface area contributed by atoms with Gasteiger partial charge in [-0.25, -0.2) is 0 Å². The summed E-state index contributed by atoms with van der Waals surface area (Å²) in [5.41, 5.74) is 0.130. The lowest BCUT2D eigenvalue weighted by molar-refractivity contribution is -0.387. The minimum Gasteiger partial charge on any atom is -0.457 e. The van der Waals surface area contributed by atoms with E-state index in [1.54, 1.807) is 18.2 Å². The van der Waals surface area contributed by atoms with Crippen molar-refractivity contribution in [3.05, 3.63) is 62.4 Å². The smallest absolute Gasteiger partial charge is 0.305 e. The van der Waals surface area contributed by atoms with E-state index in [0.717, 1.165) is 22.2 Å². The Bertz CT molecular complexity index is 666. The van der Waals surface area contributed by atoms with Gasteiger partial charge >= 0.3 is 5.69 Å². The van der Waals surface area contributed by atoms with E-state index in [0.29, 0.717) is 5.75 Å². The highest BCUT2D eigenvalue weighted by Crippen LogP contribution is 2.31. The number of halogens is 3. The number of ether oxygens (including phenoxy) is 1. The van der Waals surface area contributed by atoms with E-state index in [4.69, 9.17) is 16.3 Å². The average Bonchev–Trinajstić information content (AvgIpc) is 2.40. The summed E-state index contributed by atoms with van der Waals surface area (Å²) < 4.78 is 19.8. The van der Waals surface area contributed by atoms with E-state index in [2.05, 4.69) is 15.9 Å². The number of benzene rings is 2. The molecular weight excluding hydrogens is 353 g/mol. The molecule has 0 aromatic heterocycles. The lowest BCUT2D eigenvalue weighted by atomic mass is 10.2. The first-order chi connectivity index (χ1) is 9.51. The van der Waals surface area contributed by atoms with Crippen LogP contribution in [0.4, 0.5) is 10.1 Å². The van der Waals surface area contributed by atoms with Gasteiger partial charge in [0.15, 0.2) is 0 Å². The maximum Gasteiger partial charge on any atom is 0.305 e. The Kier molecular flexibility index (Phi) is 4.57. The van der Waals surface area contributed by atoms with Gasteiger partial charge in [0.2, 0.25) is 5.82 Å². The predicted molar refractivity (Wildman–Crippen MR) is 76.8 cm³/mol. The van der Waals surface area contributed by atoms with E-state index >= 15 is 0 Å². The number of hydrogen-bond donors (Lipinski definition) is 0. The zero-order valence-electron chi connectivity index (χ0n) is 9.98. The average molecular weight is 361 g/mol. The SMILES string of the molecule is O=[N+]([O-])c1ccc(Oc2ccc(Br)cc2CCl)cc1F. The van der Waals surface area contributed by atoms with Crippen LogP contribution in [0.1, 0.15) is 5.56 Å². The van der Waals surface area contributed by atoms with Gasteiger partial charge in [-0.1, -0.05) is 15.9 Å². The number of alkyl halides is 1. The maximum atomic E-state index is 13.5. The molecule has 0 spiro atoms. The van der Waals surface area contributed by atoms with E-state index in [1.165, 1.54) is 6.07 Å². The molecule has 4 nitrogen and oxygen atoms in total. The zero-order chi connectivity index (χ0) is 14.7. The van der Waals surface area contributed by atoms with Crippen LogP contribution in [0.15, 0.2) is 40.9 Å². The van der Waals surface area contributed by atoms with Crippen molar-refractivity contribution in [2.24, 2.45) is 0 Å². The molecule has 2 aromatic rings. The number of rotatable bonds is 4. The Balaban J connectivity index is 2.31. The molecule has 0 radical (unpaired) electrons. The lowest BCUT2D eigenvalue weighted by Gasteiger charge is -2.10. The second kappa shape index (κ2) is 6.19. The molecule has 0 atom stereocenters. The Morgan fingerprint density at radius 1 is 1.30 bits per heavy atom. The molecule has 2 aromatic carbocycles. The van der Waals surface area contributed by atoms with E-state index < -0.39 is 16.4 Å². The molecule has 0 unspecified atom stereocenters. The van der Waals surface area contributed by atoms with Crippen LogP contribution < -0.4 is 4.74 Å². The van der Waals surface area contributed by atoms with Gasteiger partial charge in [0.05, 0.1) is 10.8 Å². The van der Waals surface area contributed by atoms with Gasteiger partial charge in [0.25, 0.3) is 0 Å². The van der Waals surface area contributed by atoms with Gasteiger partial charge < -0.3 is 4.74 Å². The van der Waals surface area contributed by atoms with Gasteiger partial charge in [0, 0.05) is 22.2 Å². The van der Waals surface area contributed by atoms with Crippen LogP contribution >= 0.6 is 27.5 Å². The normalized spacial score (nSPS) is 10.3. The molecule has 0 aliphatic carbocycles. The molecule has 0 amide bonds. The molecule has 7 heteroatoms. The van der Waals surface area contributed by atoms with E-state index in [-0.39, 0.29) is 11.6 Å². The van der Waals surface area contributed by atoms with Crippen molar-refractivity contribution in [1.29, 1.82) is 0 Å². The third-order valence-electron chi connectivity index (χ3n) is 2.51. The summed E-state index contributed by atoms with van der Waals surface area (Å²) in [6.45, 7) is 0. The van der Waals surface area contributed by atoms with Crippen LogP contribution in [0.2, 0.25) is 0 Å². The van der Waals surface area contributed by atoms with Crippen molar-refractivity contribution in [3.63, 3.8) is 0 Å². The van der Waals surface area contributed by atoms with Gasteiger partial charge in [-0.15, -0.1) is 11.6 Å². The Labute approximate surface area is 127 Å². The highest BCUT2D eigenvalue weighted by molar-refractivity contribution is 9.10. The van der Waals surface area contributed by atoms with Crippen molar-refractivity contribution in [2.75, 3.05) is 0 Å². The molecule has 20 heavy (non-hydrogen) atoms. The van der Waals surface area contributed by atoms with Crippen molar-refractivity contribution >= 4 is 33.2 Å². The van der Waals surface area contributed by atoms with Gasteiger partial charge in [-0.3, -0.25) is 10.1 Å². The second-order valence-electron chi connectivity index (χ2n) is 3.86. The van der Waals surface area contributed by atoms with Crippen LogP contribution in [0, 0.1) is 15.9 Å². The largest absolute Gasteiger partial charge is 0.457 e. The highest BCUT2D eigenvalue weighted by Gasteiger charge is 2.15. The summed E-state index contributed by atoms with van der Waals surface area (Å²) in [6, 6.07) is 8.58. The fraction of sp³-hybridized carbons (Fsp3) is 0.0769. The molecule has 0 aliphatic rings. The van der Waals surface area contributed by atoms with Crippen molar-refractivity contribution < 1.29 is 14.1 Å².